The van der Waals surface area contributed by atoms with Crippen molar-refractivity contribution in [3.63, 3.8) is 0 Å². The van der Waals surface area contributed by atoms with Gasteiger partial charge in [-0.25, -0.2) is 0 Å². The van der Waals surface area contributed by atoms with Gasteiger partial charge in [0.2, 0.25) is 6.29 Å². The molecule has 0 unspecified atom stereocenters. The van der Waals surface area contributed by atoms with Gasteiger partial charge >= 0.3 is 0 Å². The van der Waals surface area contributed by atoms with Crippen molar-refractivity contribution in [1.29, 1.82) is 0 Å². The topological polar surface area (TPSA) is 55.4 Å². The van der Waals surface area contributed by atoms with E-state index in [0.29, 0.717) is 12.8 Å². The Labute approximate surface area is 106 Å². The SMILES string of the molecule is CC(C)(CNC(=O)C=O)c1ccc2c(c1)CCO2. The van der Waals surface area contributed by atoms with E-state index in [1.165, 1.54) is 5.56 Å². The smallest absolute Gasteiger partial charge is 0.284 e. The lowest BCUT2D eigenvalue weighted by molar-refractivity contribution is -0.131. The summed E-state index contributed by atoms with van der Waals surface area (Å²) >= 11 is 0. The van der Waals surface area contributed by atoms with Crippen molar-refractivity contribution in [3.8, 4) is 5.75 Å². The fourth-order valence-corrected chi connectivity index (χ4v) is 2.06. The Morgan fingerprint density at radius 1 is 1.50 bits per heavy atom. The predicted octanol–water partition coefficient (Wildman–Crippen LogP) is 1.21. The fraction of sp³-hybridized carbons (Fsp3) is 0.429. The van der Waals surface area contributed by atoms with Gasteiger partial charge in [0.25, 0.3) is 5.91 Å². The number of ether oxygens (including phenoxy) is 1. The number of aldehydes is 1. The van der Waals surface area contributed by atoms with Gasteiger partial charge in [-0.3, -0.25) is 9.59 Å². The Hall–Kier alpha value is -1.84. The van der Waals surface area contributed by atoms with E-state index >= 15 is 0 Å². The molecule has 96 valence electrons. The molecule has 0 aromatic heterocycles. The lowest BCUT2D eigenvalue weighted by atomic mass is 9.83. The Morgan fingerprint density at radius 3 is 3.00 bits per heavy atom. The molecule has 1 N–H and O–H groups in total. The second kappa shape index (κ2) is 4.80. The first-order chi connectivity index (χ1) is 8.53. The van der Waals surface area contributed by atoms with Gasteiger partial charge in [-0.1, -0.05) is 26.0 Å². The summed E-state index contributed by atoms with van der Waals surface area (Å²) in [6, 6.07) is 6.10. The number of benzene rings is 1. The molecule has 0 radical (unpaired) electrons. The summed E-state index contributed by atoms with van der Waals surface area (Å²) in [5.41, 5.74) is 2.14. The van der Waals surface area contributed by atoms with E-state index in [9.17, 15) is 9.59 Å². The molecule has 18 heavy (non-hydrogen) atoms. The minimum absolute atomic E-state index is 0.212. The predicted molar refractivity (Wildman–Crippen MR) is 67.7 cm³/mol. The van der Waals surface area contributed by atoms with Crippen LogP contribution in [0.4, 0.5) is 0 Å². The summed E-state index contributed by atoms with van der Waals surface area (Å²) in [5.74, 6) is 0.374. The summed E-state index contributed by atoms with van der Waals surface area (Å²) in [7, 11) is 0. The van der Waals surface area contributed by atoms with Crippen molar-refractivity contribution < 1.29 is 14.3 Å². The number of amides is 1. The van der Waals surface area contributed by atoms with Gasteiger partial charge in [-0.2, -0.15) is 0 Å². The van der Waals surface area contributed by atoms with Crippen LogP contribution >= 0.6 is 0 Å². The maximum absolute atomic E-state index is 11.0. The molecule has 1 aromatic carbocycles. The molecular weight excluding hydrogens is 230 g/mol. The van der Waals surface area contributed by atoms with Crippen LogP contribution in [0.2, 0.25) is 0 Å². The molecule has 1 heterocycles. The first-order valence-electron chi connectivity index (χ1n) is 6.02. The molecule has 1 amide bonds. The van der Waals surface area contributed by atoms with Crippen LogP contribution in [0.5, 0.6) is 5.75 Å². The number of rotatable bonds is 4. The molecule has 1 aromatic rings. The van der Waals surface area contributed by atoms with Gasteiger partial charge in [-0.05, 0) is 17.2 Å². The molecule has 2 rings (SSSR count). The summed E-state index contributed by atoms with van der Waals surface area (Å²) in [5, 5.41) is 2.60. The van der Waals surface area contributed by atoms with Crippen molar-refractivity contribution in [1.82, 2.24) is 5.32 Å². The van der Waals surface area contributed by atoms with Gasteiger partial charge in [0.15, 0.2) is 0 Å². The quantitative estimate of drug-likeness (QED) is 0.643. The zero-order chi connectivity index (χ0) is 13.2. The lowest BCUT2D eigenvalue weighted by Gasteiger charge is -2.25. The van der Waals surface area contributed by atoms with Gasteiger partial charge in [0.05, 0.1) is 6.61 Å². The molecule has 0 saturated carbocycles. The average molecular weight is 247 g/mol. The van der Waals surface area contributed by atoms with Crippen molar-refractivity contribution in [3.05, 3.63) is 29.3 Å². The van der Waals surface area contributed by atoms with Crippen molar-refractivity contribution >= 4 is 12.2 Å². The average Bonchev–Trinajstić information content (AvgIpc) is 2.83. The van der Waals surface area contributed by atoms with Gasteiger partial charge in [-0.15, -0.1) is 0 Å². The highest BCUT2D eigenvalue weighted by Crippen LogP contribution is 2.31. The third-order valence-electron chi connectivity index (χ3n) is 3.28. The van der Waals surface area contributed by atoms with Crippen LogP contribution in [0.15, 0.2) is 18.2 Å². The molecule has 0 saturated heterocycles. The van der Waals surface area contributed by atoms with Crippen LogP contribution in [0, 0.1) is 0 Å². The summed E-state index contributed by atoms with van der Waals surface area (Å²) < 4.78 is 5.47. The Bertz CT molecular complexity index is 480. The molecule has 1 aliphatic heterocycles. The van der Waals surface area contributed by atoms with E-state index in [0.717, 1.165) is 24.3 Å². The van der Waals surface area contributed by atoms with E-state index in [1.807, 2.05) is 26.0 Å². The van der Waals surface area contributed by atoms with Crippen molar-refractivity contribution in [2.75, 3.05) is 13.2 Å². The summed E-state index contributed by atoms with van der Waals surface area (Å²) in [4.78, 5) is 21.3. The van der Waals surface area contributed by atoms with Crippen LogP contribution < -0.4 is 10.1 Å². The van der Waals surface area contributed by atoms with E-state index in [4.69, 9.17) is 4.74 Å². The van der Waals surface area contributed by atoms with Crippen molar-refractivity contribution in [2.45, 2.75) is 25.7 Å². The Morgan fingerprint density at radius 2 is 2.28 bits per heavy atom. The summed E-state index contributed by atoms with van der Waals surface area (Å²) in [6.07, 6.45) is 1.23. The highest BCUT2D eigenvalue weighted by Gasteiger charge is 2.23. The fourth-order valence-electron chi connectivity index (χ4n) is 2.06. The highest BCUT2D eigenvalue weighted by molar-refractivity contribution is 6.23. The number of nitrogens with one attached hydrogen (secondary N) is 1. The molecule has 1 aliphatic rings. The number of hydrogen-bond acceptors (Lipinski definition) is 3. The standard InChI is InChI=1S/C14H17NO3/c1-14(2,9-15-13(17)8-16)11-3-4-12-10(7-11)5-6-18-12/h3-4,7-8H,5-6,9H2,1-2H3,(H,15,17). The lowest BCUT2D eigenvalue weighted by Crippen LogP contribution is -2.37. The number of carbonyl (C=O) groups excluding carboxylic acids is 2. The third kappa shape index (κ3) is 2.53. The molecule has 0 atom stereocenters. The van der Waals surface area contributed by atoms with Crippen molar-refractivity contribution in [2.24, 2.45) is 0 Å². The number of hydrogen-bond donors (Lipinski definition) is 1. The Balaban J connectivity index is 2.14. The molecule has 4 heteroatoms. The maximum atomic E-state index is 11.0. The first-order valence-corrected chi connectivity index (χ1v) is 6.02. The monoisotopic (exact) mass is 247 g/mol. The molecular formula is C14H17NO3. The molecule has 0 fully saturated rings. The van der Waals surface area contributed by atoms with Gasteiger partial charge in [0, 0.05) is 18.4 Å². The number of carbonyl (C=O) groups is 2. The molecule has 4 nitrogen and oxygen atoms in total. The first kappa shape index (κ1) is 12.6. The third-order valence-corrected chi connectivity index (χ3v) is 3.28. The van der Waals surface area contributed by atoms with Gasteiger partial charge in [0.1, 0.15) is 5.75 Å². The number of fused-ring (bicyclic) bond motifs is 1. The van der Waals surface area contributed by atoms with Crippen LogP contribution in [0.25, 0.3) is 0 Å². The van der Waals surface area contributed by atoms with Crippen LogP contribution in [0.3, 0.4) is 0 Å². The maximum Gasteiger partial charge on any atom is 0.284 e. The highest BCUT2D eigenvalue weighted by atomic mass is 16.5. The van der Waals surface area contributed by atoms with Gasteiger partial charge < -0.3 is 10.1 Å². The zero-order valence-corrected chi connectivity index (χ0v) is 10.7. The molecule has 0 spiro atoms. The van der Waals surface area contributed by atoms with E-state index in [1.54, 1.807) is 0 Å². The zero-order valence-electron chi connectivity index (χ0n) is 10.7. The largest absolute Gasteiger partial charge is 0.493 e. The molecule has 0 bridgehead atoms. The van der Waals surface area contributed by atoms with Crippen LogP contribution in [-0.2, 0) is 21.4 Å². The summed E-state index contributed by atoms with van der Waals surface area (Å²) in [6.45, 7) is 5.25. The second-order valence-electron chi connectivity index (χ2n) is 5.14. The van der Waals surface area contributed by atoms with E-state index in [2.05, 4.69) is 11.4 Å². The Kier molecular flexibility index (Phi) is 3.36. The molecule has 0 aliphatic carbocycles. The van der Waals surface area contributed by atoms with Crippen LogP contribution in [0.1, 0.15) is 25.0 Å². The minimum Gasteiger partial charge on any atom is -0.493 e. The normalized spacial score (nSPS) is 13.7. The van der Waals surface area contributed by atoms with E-state index in [-0.39, 0.29) is 5.41 Å². The minimum atomic E-state index is -0.576. The van der Waals surface area contributed by atoms with E-state index < -0.39 is 5.91 Å². The second-order valence-corrected chi connectivity index (χ2v) is 5.14. The van der Waals surface area contributed by atoms with Crippen LogP contribution in [-0.4, -0.2) is 25.3 Å².